The first kappa shape index (κ1) is 11.2. The Morgan fingerprint density at radius 2 is 1.62 bits per heavy atom. The molecule has 0 aliphatic carbocycles. The molecule has 2 heterocycles. The van der Waals surface area contributed by atoms with Crippen LogP contribution in [0.2, 0.25) is 0 Å². The van der Waals surface area contributed by atoms with Gasteiger partial charge in [0.05, 0.1) is 0 Å². The fraction of sp³-hybridized carbons (Fsp3) is 1.00. The smallest absolute Gasteiger partial charge is 0.0241 e. The highest BCUT2D eigenvalue weighted by molar-refractivity contribution is 7.85. The predicted octanol–water partition coefficient (Wildman–Crippen LogP) is 1.49. The molecule has 0 saturated carbocycles. The first-order chi connectivity index (χ1) is 6.20. The Hall–Kier alpha value is 0.110. The van der Waals surface area contributed by atoms with Crippen LogP contribution in [0.4, 0.5) is 0 Å². The summed E-state index contributed by atoms with van der Waals surface area (Å²) < 4.78 is 11.1. The zero-order valence-electron chi connectivity index (χ0n) is 9.01. The lowest BCUT2D eigenvalue weighted by Crippen LogP contribution is -2.56. The van der Waals surface area contributed by atoms with Crippen molar-refractivity contribution in [3.05, 3.63) is 0 Å². The van der Waals surface area contributed by atoms with Crippen molar-refractivity contribution in [3.8, 4) is 0 Å². The Morgan fingerprint density at radius 3 is 2.00 bits per heavy atom. The molecule has 2 saturated heterocycles. The van der Waals surface area contributed by atoms with Crippen LogP contribution < -0.4 is 0 Å². The van der Waals surface area contributed by atoms with E-state index in [4.69, 9.17) is 0 Å². The van der Waals surface area contributed by atoms with E-state index in [1.807, 2.05) is 13.8 Å². The molecule has 0 bridgehead atoms. The Labute approximate surface area is 84.2 Å². The Morgan fingerprint density at radius 1 is 1.15 bits per heavy atom. The van der Waals surface area contributed by atoms with Crippen LogP contribution >= 0.6 is 0 Å². The summed E-state index contributed by atoms with van der Waals surface area (Å²) in [5.41, 5.74) is 0.586. The number of nitrogens with zero attached hydrogens (tertiary/aromatic N) is 1. The minimum atomic E-state index is -0.484. The molecule has 0 aromatic heterocycles. The third kappa shape index (κ3) is 2.53. The molecule has 0 atom stereocenters. The molecule has 0 aromatic carbocycles. The number of rotatable bonds is 0. The fourth-order valence-electron chi connectivity index (χ4n) is 2.30. The molecule has 0 aromatic rings. The minimum absolute atomic E-state index is 0.484. The first-order valence-electron chi connectivity index (χ1n) is 5.24. The van der Waals surface area contributed by atoms with Gasteiger partial charge < -0.3 is 4.90 Å². The summed E-state index contributed by atoms with van der Waals surface area (Å²) in [7, 11) is 1.68. The third-order valence-electron chi connectivity index (χ3n) is 2.93. The molecule has 78 valence electrons. The lowest BCUT2D eigenvalue weighted by Gasteiger charge is -2.50. The normalized spacial score (nSPS) is 27.6. The maximum atomic E-state index is 11.1. The number of likely N-dealkylation sites (tertiary alicyclic amines) is 1. The van der Waals surface area contributed by atoms with Gasteiger partial charge in [-0.3, -0.25) is 4.21 Å². The van der Waals surface area contributed by atoms with Gasteiger partial charge in [0.1, 0.15) is 0 Å². The molecule has 0 N–H and O–H groups in total. The van der Waals surface area contributed by atoms with E-state index in [-0.39, 0.29) is 0 Å². The van der Waals surface area contributed by atoms with Gasteiger partial charge in [-0.2, -0.15) is 0 Å². The van der Waals surface area contributed by atoms with Gasteiger partial charge in [-0.1, -0.05) is 13.8 Å². The van der Waals surface area contributed by atoms with Crippen LogP contribution in [0.25, 0.3) is 0 Å². The molecule has 3 heteroatoms. The molecule has 2 aliphatic rings. The van der Waals surface area contributed by atoms with Gasteiger partial charge in [-0.15, -0.1) is 0 Å². The van der Waals surface area contributed by atoms with E-state index in [9.17, 15) is 4.21 Å². The van der Waals surface area contributed by atoms with Crippen molar-refractivity contribution in [2.75, 3.05) is 31.6 Å². The van der Waals surface area contributed by atoms with E-state index in [1.54, 1.807) is 0 Å². The maximum Gasteiger partial charge on any atom is 0.0241 e. The SMILES string of the molecule is CC.CN1CC2(CCS(=O)CC2)C1. The zero-order chi connectivity index (χ0) is 9.90. The molecule has 2 aliphatic heterocycles. The average molecular weight is 203 g/mol. The van der Waals surface area contributed by atoms with Gasteiger partial charge in [0.15, 0.2) is 0 Å². The minimum Gasteiger partial charge on any atom is -0.305 e. The molecule has 0 radical (unpaired) electrons. The van der Waals surface area contributed by atoms with Crippen molar-refractivity contribution in [1.29, 1.82) is 0 Å². The molecule has 0 amide bonds. The van der Waals surface area contributed by atoms with Gasteiger partial charge in [-0.05, 0) is 25.3 Å². The quantitative estimate of drug-likeness (QED) is 0.594. The second-order valence-electron chi connectivity index (χ2n) is 4.02. The molecule has 13 heavy (non-hydrogen) atoms. The summed E-state index contributed by atoms with van der Waals surface area (Å²) in [6.45, 7) is 6.48. The van der Waals surface area contributed by atoms with Crippen LogP contribution in [0, 0.1) is 5.41 Å². The van der Waals surface area contributed by atoms with E-state index < -0.39 is 10.8 Å². The van der Waals surface area contributed by atoms with Crippen molar-refractivity contribution in [2.24, 2.45) is 5.41 Å². The topological polar surface area (TPSA) is 20.3 Å². The molecule has 1 spiro atoms. The highest BCUT2D eigenvalue weighted by Crippen LogP contribution is 2.39. The first-order valence-corrected chi connectivity index (χ1v) is 6.73. The largest absolute Gasteiger partial charge is 0.305 e. The summed E-state index contributed by atoms with van der Waals surface area (Å²) in [6.07, 6.45) is 2.40. The predicted molar refractivity (Wildman–Crippen MR) is 58.4 cm³/mol. The van der Waals surface area contributed by atoms with Gasteiger partial charge >= 0.3 is 0 Å². The van der Waals surface area contributed by atoms with Gasteiger partial charge in [0.2, 0.25) is 0 Å². The van der Waals surface area contributed by atoms with Gasteiger partial charge in [0.25, 0.3) is 0 Å². The Kier molecular flexibility index (Phi) is 3.92. The van der Waals surface area contributed by atoms with Gasteiger partial charge in [-0.25, -0.2) is 0 Å². The lowest BCUT2D eigenvalue weighted by atomic mass is 9.75. The van der Waals surface area contributed by atoms with Crippen molar-refractivity contribution in [3.63, 3.8) is 0 Å². The van der Waals surface area contributed by atoms with E-state index in [0.717, 1.165) is 11.5 Å². The highest BCUT2D eigenvalue weighted by Gasteiger charge is 2.42. The third-order valence-corrected chi connectivity index (χ3v) is 4.25. The number of hydrogen-bond donors (Lipinski definition) is 0. The van der Waals surface area contributed by atoms with Crippen LogP contribution in [-0.4, -0.2) is 40.8 Å². The summed E-state index contributed by atoms with van der Waals surface area (Å²) in [5.74, 6) is 1.90. The van der Waals surface area contributed by atoms with E-state index >= 15 is 0 Å². The van der Waals surface area contributed by atoms with Crippen LogP contribution in [0.5, 0.6) is 0 Å². The summed E-state index contributed by atoms with van der Waals surface area (Å²) in [4.78, 5) is 2.36. The summed E-state index contributed by atoms with van der Waals surface area (Å²) in [5, 5.41) is 0. The van der Waals surface area contributed by atoms with Gasteiger partial charge in [0, 0.05) is 35.4 Å². The lowest BCUT2D eigenvalue weighted by molar-refractivity contribution is 0.0144. The van der Waals surface area contributed by atoms with Crippen molar-refractivity contribution in [2.45, 2.75) is 26.7 Å². The molecule has 2 rings (SSSR count). The fourth-order valence-corrected chi connectivity index (χ4v) is 3.83. The second-order valence-corrected chi connectivity index (χ2v) is 5.72. The average Bonchev–Trinajstić information content (AvgIpc) is 2.11. The Bertz CT molecular complexity index is 175. The van der Waals surface area contributed by atoms with Crippen LogP contribution in [0.3, 0.4) is 0 Å². The van der Waals surface area contributed by atoms with Crippen LogP contribution in [0.1, 0.15) is 26.7 Å². The van der Waals surface area contributed by atoms with E-state index in [2.05, 4.69) is 11.9 Å². The molecule has 2 fully saturated rings. The standard InChI is InChI=1S/C8H15NOS.C2H6/c1-9-6-8(7-9)2-4-11(10)5-3-8;1-2/h2-7H2,1H3;1-2H3. The second kappa shape index (κ2) is 4.56. The van der Waals surface area contributed by atoms with Crippen LogP contribution in [0.15, 0.2) is 0 Å². The monoisotopic (exact) mass is 203 g/mol. The van der Waals surface area contributed by atoms with Crippen molar-refractivity contribution in [1.82, 2.24) is 4.90 Å². The zero-order valence-corrected chi connectivity index (χ0v) is 9.82. The van der Waals surface area contributed by atoms with Crippen molar-refractivity contribution >= 4 is 10.8 Å². The molecule has 0 unspecified atom stereocenters. The van der Waals surface area contributed by atoms with E-state index in [1.165, 1.54) is 25.9 Å². The molecule has 2 nitrogen and oxygen atoms in total. The maximum absolute atomic E-state index is 11.1. The highest BCUT2D eigenvalue weighted by atomic mass is 32.2. The van der Waals surface area contributed by atoms with Crippen molar-refractivity contribution < 1.29 is 4.21 Å². The molecular weight excluding hydrogens is 182 g/mol. The summed E-state index contributed by atoms with van der Waals surface area (Å²) >= 11 is 0. The molecular formula is C10H21NOS. The number of hydrogen-bond acceptors (Lipinski definition) is 2. The van der Waals surface area contributed by atoms with E-state index in [0.29, 0.717) is 5.41 Å². The Balaban J connectivity index is 0.000000396. The summed E-state index contributed by atoms with van der Waals surface area (Å²) in [6, 6.07) is 0. The van der Waals surface area contributed by atoms with Crippen LogP contribution in [-0.2, 0) is 10.8 Å².